The first kappa shape index (κ1) is 32.7. The van der Waals surface area contributed by atoms with Gasteiger partial charge in [0.25, 0.3) is 0 Å². The topological polar surface area (TPSA) is 69.9 Å². The Morgan fingerprint density at radius 1 is 0.357 bits per heavy atom. The fourth-order valence-electron chi connectivity index (χ4n) is 8.66. The van der Waals surface area contributed by atoms with E-state index in [4.69, 9.17) is 23.8 Å². The maximum atomic E-state index is 6.31. The zero-order valence-corrected chi connectivity index (χ0v) is 31.7. The molecular weight excluding hydrogens is 683 g/mol. The molecule has 0 aliphatic rings. The van der Waals surface area contributed by atoms with Crippen LogP contribution in [-0.2, 0) is 0 Å². The summed E-state index contributed by atoms with van der Waals surface area (Å²) in [6.45, 7) is 0. The molecule has 4 aromatic heterocycles. The zero-order valence-electron chi connectivity index (χ0n) is 31.7. The van der Waals surface area contributed by atoms with Crippen LogP contribution in [0.5, 0.6) is 0 Å². The fourth-order valence-corrected chi connectivity index (χ4v) is 8.66. The van der Waals surface area contributed by atoms with Crippen LogP contribution >= 0.6 is 0 Å². The smallest absolute Gasteiger partial charge is 0.164 e. The monoisotopic (exact) mass is 714 g/mol. The van der Waals surface area contributed by atoms with Crippen LogP contribution in [-0.4, -0.2) is 58.8 Å². The van der Waals surface area contributed by atoms with Gasteiger partial charge in [0.05, 0.1) is 11.0 Å². The summed E-state index contributed by atoms with van der Waals surface area (Å²) < 4.78 is 15.1. The van der Waals surface area contributed by atoms with Crippen molar-refractivity contribution in [3.05, 3.63) is 127 Å². The minimum atomic E-state index is 0.564. The Morgan fingerprint density at radius 2 is 0.750 bits per heavy atom. The summed E-state index contributed by atoms with van der Waals surface area (Å²) in [6, 6.07) is 43.9. The van der Waals surface area contributed by atoms with Crippen molar-refractivity contribution in [3.63, 3.8) is 0 Å². The summed E-state index contributed by atoms with van der Waals surface area (Å²) in [6.07, 6.45) is 0. The van der Waals surface area contributed by atoms with Gasteiger partial charge < -0.3 is 13.4 Å². The van der Waals surface area contributed by atoms with Crippen LogP contribution in [0, 0.1) is 0 Å². The predicted octanol–water partition coefficient (Wildman–Crippen LogP) is 3.06. The van der Waals surface area contributed by atoms with Crippen molar-refractivity contribution in [2.24, 2.45) is 0 Å². The second-order valence-electron chi connectivity index (χ2n) is 15.0. The molecule has 0 saturated heterocycles. The molecule has 0 amide bonds. The highest BCUT2D eigenvalue weighted by Crippen LogP contribution is 2.37. The number of furan rings is 2. The van der Waals surface area contributed by atoms with E-state index in [1.165, 1.54) is 49.3 Å². The van der Waals surface area contributed by atoms with Crippen LogP contribution in [0.1, 0.15) is 0 Å². The second kappa shape index (κ2) is 12.1. The molecule has 0 aliphatic carbocycles. The summed E-state index contributed by atoms with van der Waals surface area (Å²) in [7, 11) is 11.2. The molecular formula is C45H31B5N4O2. The van der Waals surface area contributed by atoms with Gasteiger partial charge in [-0.1, -0.05) is 101 Å². The summed E-state index contributed by atoms with van der Waals surface area (Å²) in [5.41, 5.74) is 15.9. The van der Waals surface area contributed by atoms with E-state index in [0.717, 1.165) is 66.1 Å². The average molecular weight is 714 g/mol. The van der Waals surface area contributed by atoms with Crippen LogP contribution < -0.4 is 27.3 Å². The Bertz CT molecular complexity index is 3300. The summed E-state index contributed by atoms with van der Waals surface area (Å²) in [5.74, 6) is 1.71. The first-order chi connectivity index (χ1) is 27.3. The van der Waals surface area contributed by atoms with Crippen molar-refractivity contribution in [3.8, 4) is 39.9 Å². The average Bonchev–Trinajstić information content (AvgIpc) is 3.91. The fraction of sp³-hybridized carbons (Fsp3) is 0. The first-order valence-electron chi connectivity index (χ1n) is 19.0. The molecule has 0 radical (unpaired) electrons. The molecule has 56 heavy (non-hydrogen) atoms. The molecule has 0 unspecified atom stereocenters. The van der Waals surface area contributed by atoms with Gasteiger partial charge in [-0.2, -0.15) is 0 Å². The zero-order chi connectivity index (χ0) is 37.8. The van der Waals surface area contributed by atoms with Crippen molar-refractivity contribution >= 4 is 132 Å². The van der Waals surface area contributed by atoms with Gasteiger partial charge in [0.1, 0.15) is 61.6 Å². The minimum absolute atomic E-state index is 0.564. The number of para-hydroxylation sites is 3. The second-order valence-corrected chi connectivity index (χ2v) is 15.0. The third-order valence-corrected chi connectivity index (χ3v) is 12.0. The molecule has 6 nitrogen and oxygen atoms in total. The largest absolute Gasteiger partial charge is 0.456 e. The van der Waals surface area contributed by atoms with Crippen molar-refractivity contribution in [2.75, 3.05) is 0 Å². The molecule has 4 heterocycles. The number of hydrogen-bond donors (Lipinski definition) is 0. The Morgan fingerprint density at radius 3 is 1.29 bits per heavy atom. The number of aromatic nitrogens is 4. The maximum absolute atomic E-state index is 6.31. The summed E-state index contributed by atoms with van der Waals surface area (Å²) >= 11 is 0. The molecule has 7 aromatic carbocycles. The van der Waals surface area contributed by atoms with Crippen molar-refractivity contribution < 1.29 is 8.83 Å². The quantitative estimate of drug-likeness (QED) is 0.263. The Kier molecular flexibility index (Phi) is 7.08. The Balaban J connectivity index is 1.16. The molecule has 11 heteroatoms. The van der Waals surface area contributed by atoms with Gasteiger partial charge in [-0.3, -0.25) is 0 Å². The molecule has 0 atom stereocenters. The van der Waals surface area contributed by atoms with Crippen LogP contribution in [0.15, 0.2) is 136 Å². The molecule has 11 aromatic rings. The highest BCUT2D eigenvalue weighted by molar-refractivity contribution is 6.68. The molecule has 0 bridgehead atoms. The molecule has 0 spiro atoms. The molecule has 0 fully saturated rings. The molecule has 0 aliphatic heterocycles. The van der Waals surface area contributed by atoms with E-state index < -0.39 is 0 Å². The lowest BCUT2D eigenvalue weighted by molar-refractivity contribution is 0.668. The standard InChI is InChI=1S/C45H31B5N4O2/c46-37-38(47)40(49)42(41(50)39(37)48)54-31-10-4-1-7-25(31)26-16-13-22(19-32(26)54)43-51-44(23-14-17-29-27-8-2-5-11-33(27)55-35(29)20-23)53-45(52-43)24-15-18-30-28-9-3-6-12-34(28)56-36(30)21-24/h1-21H,46-50H2. The van der Waals surface area contributed by atoms with E-state index in [1.54, 1.807) is 0 Å². The normalized spacial score (nSPS) is 11.9. The Labute approximate surface area is 326 Å². The number of rotatable bonds is 4. The van der Waals surface area contributed by atoms with Gasteiger partial charge in [-0.05, 0) is 48.5 Å². The SMILES string of the molecule is Bc1c(B)c(B)c(-n2c3ccccc3c3ccc(-c4nc(-c5ccc6c(c5)oc5ccccc56)nc(-c5ccc6c(c5)oc5ccccc56)n4)cc32)c(B)c1B. The van der Waals surface area contributed by atoms with Crippen molar-refractivity contribution in [2.45, 2.75) is 0 Å². The lowest BCUT2D eigenvalue weighted by Crippen LogP contribution is -2.56. The van der Waals surface area contributed by atoms with Crippen molar-refractivity contribution in [1.29, 1.82) is 0 Å². The third kappa shape index (κ3) is 4.80. The van der Waals surface area contributed by atoms with Gasteiger partial charge >= 0.3 is 0 Å². The van der Waals surface area contributed by atoms with E-state index in [-0.39, 0.29) is 0 Å². The van der Waals surface area contributed by atoms with Crippen LogP contribution in [0.2, 0.25) is 0 Å². The van der Waals surface area contributed by atoms with E-state index >= 15 is 0 Å². The van der Waals surface area contributed by atoms with Gasteiger partial charge in [0.15, 0.2) is 17.5 Å². The first-order valence-corrected chi connectivity index (χ1v) is 19.0. The van der Waals surface area contributed by atoms with E-state index in [9.17, 15) is 0 Å². The van der Waals surface area contributed by atoms with E-state index in [2.05, 4.69) is 123 Å². The highest BCUT2D eigenvalue weighted by Gasteiger charge is 2.21. The highest BCUT2D eigenvalue weighted by atomic mass is 16.3. The molecule has 258 valence electrons. The number of hydrogen-bond acceptors (Lipinski definition) is 5. The summed E-state index contributed by atoms with van der Waals surface area (Å²) in [5, 5.41) is 6.66. The molecule has 0 saturated carbocycles. The molecule has 0 N–H and O–H groups in total. The van der Waals surface area contributed by atoms with Gasteiger partial charge in [-0.15, -0.1) is 5.46 Å². The maximum Gasteiger partial charge on any atom is 0.164 e. The predicted molar refractivity (Wildman–Crippen MR) is 246 cm³/mol. The third-order valence-electron chi connectivity index (χ3n) is 12.0. The number of nitrogens with zero attached hydrogens (tertiary/aromatic N) is 4. The van der Waals surface area contributed by atoms with Crippen molar-refractivity contribution in [1.82, 2.24) is 19.5 Å². The molecule has 11 rings (SSSR count). The van der Waals surface area contributed by atoms with E-state index in [0.29, 0.717) is 17.5 Å². The van der Waals surface area contributed by atoms with Crippen LogP contribution in [0.3, 0.4) is 0 Å². The Hall–Kier alpha value is -6.73. The van der Waals surface area contributed by atoms with E-state index in [1.807, 2.05) is 48.5 Å². The van der Waals surface area contributed by atoms with Gasteiger partial charge in [0, 0.05) is 54.7 Å². The summed E-state index contributed by atoms with van der Waals surface area (Å²) in [4.78, 5) is 15.5. The van der Waals surface area contributed by atoms with Gasteiger partial charge in [0.2, 0.25) is 0 Å². The van der Waals surface area contributed by atoms with Crippen LogP contribution in [0.25, 0.3) is 106 Å². The minimum Gasteiger partial charge on any atom is -0.456 e. The van der Waals surface area contributed by atoms with Crippen LogP contribution in [0.4, 0.5) is 0 Å². The lowest BCUT2D eigenvalue weighted by atomic mass is 9.61. The lowest BCUT2D eigenvalue weighted by Gasteiger charge is -2.22. The number of fused-ring (bicyclic) bond motifs is 9. The van der Waals surface area contributed by atoms with Gasteiger partial charge in [-0.25, -0.2) is 15.0 Å². The number of benzene rings is 7.